The molecule has 21 heavy (non-hydrogen) atoms. The van der Waals surface area contributed by atoms with Crippen LogP contribution >= 0.6 is 0 Å². The number of anilines is 3. The summed E-state index contributed by atoms with van der Waals surface area (Å²) in [6, 6.07) is 9.23. The average Bonchev–Trinajstić information content (AvgIpc) is 2.94. The summed E-state index contributed by atoms with van der Waals surface area (Å²) in [7, 11) is 2.10. The smallest absolute Gasteiger partial charge is 0.322 e. The van der Waals surface area contributed by atoms with E-state index in [0.717, 1.165) is 18.8 Å². The number of hydrogen-bond donors (Lipinski definition) is 1. The monoisotopic (exact) mass is 287 g/mol. The van der Waals surface area contributed by atoms with Gasteiger partial charge in [-0.3, -0.25) is 4.90 Å². The number of nitrogens with one attached hydrogen (secondary N) is 1. The van der Waals surface area contributed by atoms with Gasteiger partial charge in [0, 0.05) is 26.2 Å². The summed E-state index contributed by atoms with van der Waals surface area (Å²) < 4.78 is 5.79. The number of rotatable bonds is 4. The molecule has 112 valence electrons. The Bertz CT molecular complexity index is 610. The molecule has 0 radical (unpaired) electrons. The molecular weight excluding hydrogens is 266 g/mol. The summed E-state index contributed by atoms with van der Waals surface area (Å²) in [5.41, 5.74) is 2.29. The standard InChI is InChI=1S/C15H21N5O/c1-11(2)16-10-14-17-18-15(21-14)20-9-8-19(3)12-6-4-5-7-13(12)20/h4-7,11,16H,8-10H2,1-3H3. The molecule has 2 heterocycles. The third-order valence-corrected chi connectivity index (χ3v) is 3.59. The molecule has 6 heteroatoms. The van der Waals surface area contributed by atoms with E-state index in [1.165, 1.54) is 5.69 Å². The van der Waals surface area contributed by atoms with Gasteiger partial charge >= 0.3 is 6.01 Å². The Kier molecular flexibility index (Phi) is 3.79. The number of fused-ring (bicyclic) bond motifs is 1. The maximum Gasteiger partial charge on any atom is 0.322 e. The summed E-state index contributed by atoms with van der Waals surface area (Å²) in [5.74, 6) is 0.620. The lowest BCUT2D eigenvalue weighted by atomic mass is 10.2. The fraction of sp³-hybridized carbons (Fsp3) is 0.467. The molecule has 6 nitrogen and oxygen atoms in total. The average molecular weight is 287 g/mol. The predicted octanol–water partition coefficient (Wildman–Crippen LogP) is 2.16. The Morgan fingerprint density at radius 2 is 1.95 bits per heavy atom. The van der Waals surface area contributed by atoms with Crippen molar-refractivity contribution in [2.24, 2.45) is 0 Å². The van der Waals surface area contributed by atoms with Crippen molar-refractivity contribution in [1.82, 2.24) is 15.5 Å². The number of aromatic nitrogens is 2. The van der Waals surface area contributed by atoms with Crippen LogP contribution in [0.1, 0.15) is 19.7 Å². The minimum atomic E-state index is 0.393. The Labute approximate surface area is 124 Å². The van der Waals surface area contributed by atoms with Crippen LogP contribution < -0.4 is 15.1 Å². The van der Waals surface area contributed by atoms with Crippen LogP contribution in [0.15, 0.2) is 28.7 Å². The van der Waals surface area contributed by atoms with Crippen molar-refractivity contribution in [3.8, 4) is 0 Å². The van der Waals surface area contributed by atoms with Crippen molar-refractivity contribution >= 4 is 17.4 Å². The van der Waals surface area contributed by atoms with Crippen molar-refractivity contribution < 1.29 is 4.42 Å². The molecule has 0 saturated heterocycles. The summed E-state index contributed by atoms with van der Waals surface area (Å²) in [4.78, 5) is 4.32. The first kappa shape index (κ1) is 13.9. The second-order valence-corrected chi connectivity index (χ2v) is 5.58. The van der Waals surface area contributed by atoms with Gasteiger partial charge in [0.05, 0.1) is 17.9 Å². The summed E-state index contributed by atoms with van der Waals surface area (Å²) in [5, 5.41) is 11.6. The minimum Gasteiger partial charge on any atom is -0.406 e. The zero-order valence-corrected chi connectivity index (χ0v) is 12.7. The van der Waals surface area contributed by atoms with Gasteiger partial charge in [-0.15, -0.1) is 5.10 Å². The molecule has 0 unspecified atom stereocenters. The Morgan fingerprint density at radius 3 is 2.71 bits per heavy atom. The summed E-state index contributed by atoms with van der Waals surface area (Å²) >= 11 is 0. The van der Waals surface area contributed by atoms with Crippen LogP contribution in [-0.4, -0.2) is 36.4 Å². The van der Waals surface area contributed by atoms with Gasteiger partial charge in [-0.1, -0.05) is 31.1 Å². The van der Waals surface area contributed by atoms with Gasteiger partial charge < -0.3 is 14.6 Å². The topological polar surface area (TPSA) is 57.4 Å². The first-order valence-corrected chi connectivity index (χ1v) is 7.28. The second kappa shape index (κ2) is 5.73. The lowest BCUT2D eigenvalue weighted by molar-refractivity contribution is 0.451. The zero-order valence-electron chi connectivity index (χ0n) is 12.7. The lowest BCUT2D eigenvalue weighted by Gasteiger charge is -2.34. The van der Waals surface area contributed by atoms with Gasteiger partial charge in [-0.25, -0.2) is 0 Å². The van der Waals surface area contributed by atoms with Crippen molar-refractivity contribution in [3.05, 3.63) is 30.2 Å². The molecular formula is C15H21N5O. The number of nitrogens with zero attached hydrogens (tertiary/aromatic N) is 4. The molecule has 1 aliphatic rings. The van der Waals surface area contributed by atoms with Gasteiger partial charge in [-0.2, -0.15) is 0 Å². The Balaban J connectivity index is 1.83. The molecule has 0 amide bonds. The molecule has 0 spiro atoms. The molecule has 2 aromatic rings. The normalized spacial score (nSPS) is 14.7. The zero-order chi connectivity index (χ0) is 14.8. The maximum absolute atomic E-state index is 5.79. The first-order chi connectivity index (χ1) is 10.1. The van der Waals surface area contributed by atoms with Gasteiger partial charge in [0.25, 0.3) is 0 Å². The van der Waals surface area contributed by atoms with Crippen LogP contribution in [0.3, 0.4) is 0 Å². The van der Waals surface area contributed by atoms with Gasteiger partial charge in [0.2, 0.25) is 5.89 Å². The lowest BCUT2D eigenvalue weighted by Crippen LogP contribution is -2.36. The quantitative estimate of drug-likeness (QED) is 0.930. The van der Waals surface area contributed by atoms with Gasteiger partial charge in [0.15, 0.2) is 0 Å². The first-order valence-electron chi connectivity index (χ1n) is 7.28. The van der Waals surface area contributed by atoms with E-state index in [4.69, 9.17) is 4.42 Å². The molecule has 0 bridgehead atoms. The Hall–Kier alpha value is -2.08. The van der Waals surface area contributed by atoms with E-state index in [2.05, 4.69) is 58.3 Å². The molecule has 0 saturated carbocycles. The van der Waals surface area contributed by atoms with Crippen molar-refractivity contribution in [1.29, 1.82) is 0 Å². The molecule has 1 N–H and O–H groups in total. The predicted molar refractivity (Wildman–Crippen MR) is 83.0 cm³/mol. The molecule has 1 aromatic heterocycles. The fourth-order valence-corrected chi connectivity index (χ4v) is 2.42. The van der Waals surface area contributed by atoms with E-state index < -0.39 is 0 Å². The second-order valence-electron chi connectivity index (χ2n) is 5.58. The van der Waals surface area contributed by atoms with Crippen molar-refractivity contribution in [2.75, 3.05) is 29.9 Å². The van der Waals surface area contributed by atoms with Crippen LogP contribution in [0.25, 0.3) is 0 Å². The van der Waals surface area contributed by atoms with E-state index >= 15 is 0 Å². The Morgan fingerprint density at radius 1 is 1.19 bits per heavy atom. The van der Waals surface area contributed by atoms with Crippen LogP contribution in [-0.2, 0) is 6.54 Å². The number of para-hydroxylation sites is 2. The van der Waals surface area contributed by atoms with Crippen LogP contribution in [0.4, 0.5) is 17.4 Å². The highest BCUT2D eigenvalue weighted by Crippen LogP contribution is 2.35. The summed E-state index contributed by atoms with van der Waals surface area (Å²) in [6.45, 7) is 6.55. The molecule has 0 aliphatic carbocycles. The maximum atomic E-state index is 5.79. The highest BCUT2D eigenvalue weighted by molar-refractivity contribution is 5.76. The van der Waals surface area contributed by atoms with Crippen molar-refractivity contribution in [3.63, 3.8) is 0 Å². The van der Waals surface area contributed by atoms with Gasteiger partial charge in [-0.05, 0) is 12.1 Å². The van der Waals surface area contributed by atoms with E-state index in [-0.39, 0.29) is 0 Å². The fourth-order valence-electron chi connectivity index (χ4n) is 2.42. The summed E-state index contributed by atoms with van der Waals surface area (Å²) in [6.07, 6.45) is 0. The van der Waals surface area contributed by atoms with Crippen molar-refractivity contribution in [2.45, 2.75) is 26.4 Å². The van der Waals surface area contributed by atoms with Crippen LogP contribution in [0.2, 0.25) is 0 Å². The van der Waals surface area contributed by atoms with E-state index in [0.29, 0.717) is 24.5 Å². The van der Waals surface area contributed by atoms with Gasteiger partial charge in [0.1, 0.15) is 0 Å². The highest BCUT2D eigenvalue weighted by Gasteiger charge is 2.24. The van der Waals surface area contributed by atoms with Crippen LogP contribution in [0.5, 0.6) is 0 Å². The number of benzene rings is 1. The minimum absolute atomic E-state index is 0.393. The molecule has 3 rings (SSSR count). The SMILES string of the molecule is CC(C)NCc1nnc(N2CCN(C)c3ccccc32)o1. The highest BCUT2D eigenvalue weighted by atomic mass is 16.4. The van der Waals surface area contributed by atoms with E-state index in [1.807, 2.05) is 12.1 Å². The largest absolute Gasteiger partial charge is 0.406 e. The molecule has 0 fully saturated rings. The molecule has 1 aliphatic heterocycles. The third-order valence-electron chi connectivity index (χ3n) is 3.59. The van der Waals surface area contributed by atoms with E-state index in [9.17, 15) is 0 Å². The van der Waals surface area contributed by atoms with Crippen LogP contribution in [0, 0.1) is 0 Å². The number of hydrogen-bond acceptors (Lipinski definition) is 6. The molecule has 1 aromatic carbocycles. The number of likely N-dealkylation sites (N-methyl/N-ethyl adjacent to an activating group) is 1. The molecule has 0 atom stereocenters. The third kappa shape index (κ3) is 2.85. The van der Waals surface area contributed by atoms with E-state index in [1.54, 1.807) is 0 Å².